The van der Waals surface area contributed by atoms with Gasteiger partial charge in [-0.25, -0.2) is 9.78 Å². The molecule has 140 valence electrons. The number of carbonyl (C=O) groups excluding carboxylic acids is 1. The number of aromatic nitrogens is 1. The van der Waals surface area contributed by atoms with Crippen LogP contribution < -0.4 is 4.74 Å². The van der Waals surface area contributed by atoms with Crippen LogP contribution in [-0.2, 0) is 12.8 Å². The van der Waals surface area contributed by atoms with Crippen LogP contribution in [0.3, 0.4) is 0 Å². The number of pyridine rings is 1. The van der Waals surface area contributed by atoms with Gasteiger partial charge < -0.3 is 4.74 Å². The largest absolute Gasteiger partial charge is 0.422 e. The van der Waals surface area contributed by atoms with Crippen molar-refractivity contribution in [1.29, 1.82) is 0 Å². The van der Waals surface area contributed by atoms with Gasteiger partial charge in [-0.05, 0) is 54.5 Å². The van der Waals surface area contributed by atoms with Crippen LogP contribution in [0.1, 0.15) is 74.5 Å². The lowest BCUT2D eigenvalue weighted by atomic mass is 9.99. The fraction of sp³-hybridized carbons (Fsp3) is 0.478. The molecule has 2 rings (SSSR count). The number of hydrogen-bond donors (Lipinski definition) is 0. The van der Waals surface area contributed by atoms with Crippen molar-refractivity contribution in [2.45, 2.75) is 65.7 Å². The Labute approximate surface area is 157 Å². The van der Waals surface area contributed by atoms with Crippen molar-refractivity contribution in [3.63, 3.8) is 0 Å². The van der Waals surface area contributed by atoms with E-state index in [1.807, 2.05) is 30.3 Å². The van der Waals surface area contributed by atoms with Gasteiger partial charge in [0, 0.05) is 6.20 Å². The third-order valence-electron chi connectivity index (χ3n) is 4.77. The summed E-state index contributed by atoms with van der Waals surface area (Å²) < 4.78 is 5.44. The predicted molar refractivity (Wildman–Crippen MR) is 107 cm³/mol. The van der Waals surface area contributed by atoms with E-state index in [4.69, 9.17) is 4.74 Å². The molecule has 3 nitrogen and oxygen atoms in total. The fourth-order valence-corrected chi connectivity index (χ4v) is 2.85. The van der Waals surface area contributed by atoms with E-state index < -0.39 is 5.97 Å². The summed E-state index contributed by atoms with van der Waals surface area (Å²) in [6.07, 6.45) is 9.94. The van der Waals surface area contributed by atoms with Gasteiger partial charge in [0.25, 0.3) is 0 Å². The summed E-state index contributed by atoms with van der Waals surface area (Å²) >= 11 is 0. The van der Waals surface area contributed by atoms with Gasteiger partial charge in [0.05, 0.1) is 0 Å². The first kappa shape index (κ1) is 20.2. The molecule has 0 bridgehead atoms. The summed E-state index contributed by atoms with van der Waals surface area (Å²) in [5, 5.41) is 0. The Bertz CT molecular complexity index is 662. The lowest BCUT2D eigenvalue weighted by Gasteiger charge is -2.09. The highest BCUT2D eigenvalue weighted by Gasteiger charge is 2.10. The molecule has 0 unspecified atom stereocenters. The average molecular weight is 354 g/mol. The fourth-order valence-electron chi connectivity index (χ4n) is 2.85. The first-order chi connectivity index (χ1) is 12.6. The lowest BCUT2D eigenvalue weighted by molar-refractivity contribution is 0.0728. The minimum atomic E-state index is -0.405. The Morgan fingerprint density at radius 1 is 1.00 bits per heavy atom. The second kappa shape index (κ2) is 10.7. The van der Waals surface area contributed by atoms with Crippen LogP contribution >= 0.6 is 0 Å². The van der Waals surface area contributed by atoms with Gasteiger partial charge in [-0.1, -0.05) is 64.7 Å². The number of benzene rings is 1. The quantitative estimate of drug-likeness (QED) is 0.298. The molecule has 0 aliphatic heterocycles. The van der Waals surface area contributed by atoms with Crippen molar-refractivity contribution in [3.8, 4) is 5.75 Å². The first-order valence-corrected chi connectivity index (χ1v) is 9.88. The Morgan fingerprint density at radius 3 is 2.35 bits per heavy atom. The summed E-state index contributed by atoms with van der Waals surface area (Å²) in [5.74, 6) is 0.818. The molecule has 0 spiro atoms. The van der Waals surface area contributed by atoms with Crippen LogP contribution in [0.15, 0.2) is 42.6 Å². The maximum Gasteiger partial charge on any atom is 0.362 e. The molecule has 1 aromatic heterocycles. The number of unbranched alkanes of at least 4 members (excludes halogenated alkanes) is 3. The third-order valence-corrected chi connectivity index (χ3v) is 4.77. The van der Waals surface area contributed by atoms with Gasteiger partial charge in [-0.15, -0.1) is 0 Å². The molecule has 0 radical (unpaired) electrons. The topological polar surface area (TPSA) is 39.2 Å². The predicted octanol–water partition coefficient (Wildman–Crippen LogP) is 6.01. The minimum Gasteiger partial charge on any atom is -0.422 e. The first-order valence-electron chi connectivity index (χ1n) is 9.88. The van der Waals surface area contributed by atoms with E-state index in [1.54, 1.807) is 12.3 Å². The minimum absolute atomic E-state index is 0.353. The van der Waals surface area contributed by atoms with Crippen molar-refractivity contribution >= 4 is 5.97 Å². The molecule has 0 aliphatic rings. The zero-order valence-electron chi connectivity index (χ0n) is 16.3. The van der Waals surface area contributed by atoms with Crippen LogP contribution in [0.2, 0.25) is 0 Å². The van der Waals surface area contributed by atoms with Crippen LogP contribution in [-0.4, -0.2) is 11.0 Å². The highest BCUT2D eigenvalue weighted by Crippen LogP contribution is 2.17. The number of carbonyl (C=O) groups is 1. The van der Waals surface area contributed by atoms with Gasteiger partial charge in [0.15, 0.2) is 0 Å². The molecule has 0 aliphatic carbocycles. The second-order valence-corrected chi connectivity index (χ2v) is 7.11. The number of nitrogens with zero attached hydrogens (tertiary/aromatic N) is 1. The van der Waals surface area contributed by atoms with E-state index in [0.29, 0.717) is 17.4 Å². The molecular formula is C23H31NO2. The van der Waals surface area contributed by atoms with E-state index in [1.165, 1.54) is 36.8 Å². The Morgan fingerprint density at radius 2 is 1.73 bits per heavy atom. The summed E-state index contributed by atoms with van der Waals surface area (Å²) in [6, 6.07) is 11.5. The Kier molecular flexibility index (Phi) is 8.33. The third kappa shape index (κ3) is 6.62. The van der Waals surface area contributed by atoms with Crippen LogP contribution in [0.5, 0.6) is 5.75 Å². The molecule has 0 saturated carbocycles. The van der Waals surface area contributed by atoms with Crippen LogP contribution in [0.4, 0.5) is 0 Å². The number of hydrogen-bond acceptors (Lipinski definition) is 3. The van der Waals surface area contributed by atoms with E-state index in [9.17, 15) is 4.79 Å². The number of rotatable bonds is 10. The molecule has 1 heterocycles. The maximum absolute atomic E-state index is 12.2. The van der Waals surface area contributed by atoms with Crippen molar-refractivity contribution in [3.05, 3.63) is 59.4 Å². The standard InChI is InChI=1S/C23H31NO2/c1-4-6-7-8-9-20-12-15-22(24-17-20)23(25)26-21-13-10-19(11-14-21)16-18(3)5-2/h10-15,17-18H,4-9,16H2,1-3H3/t18-/m0/s1. The Hall–Kier alpha value is -2.16. The molecule has 1 aromatic carbocycles. The molecule has 0 fully saturated rings. The highest BCUT2D eigenvalue weighted by molar-refractivity contribution is 5.88. The summed E-state index contributed by atoms with van der Waals surface area (Å²) in [6.45, 7) is 6.65. The van der Waals surface area contributed by atoms with Gasteiger partial charge >= 0.3 is 5.97 Å². The number of esters is 1. The van der Waals surface area contributed by atoms with Crippen LogP contribution in [0.25, 0.3) is 0 Å². The summed E-state index contributed by atoms with van der Waals surface area (Å²) in [4.78, 5) is 16.5. The Balaban J connectivity index is 1.87. The van der Waals surface area contributed by atoms with E-state index in [2.05, 4.69) is 25.8 Å². The normalized spacial score (nSPS) is 12.0. The van der Waals surface area contributed by atoms with Crippen molar-refractivity contribution in [2.24, 2.45) is 5.92 Å². The molecule has 26 heavy (non-hydrogen) atoms. The monoisotopic (exact) mass is 353 g/mol. The van der Waals surface area contributed by atoms with E-state index >= 15 is 0 Å². The van der Waals surface area contributed by atoms with E-state index in [0.717, 1.165) is 19.3 Å². The average Bonchev–Trinajstić information content (AvgIpc) is 2.67. The smallest absolute Gasteiger partial charge is 0.362 e. The van der Waals surface area contributed by atoms with Gasteiger partial charge in [0.1, 0.15) is 11.4 Å². The molecule has 0 amide bonds. The molecule has 3 heteroatoms. The zero-order valence-corrected chi connectivity index (χ0v) is 16.3. The van der Waals surface area contributed by atoms with Crippen molar-refractivity contribution in [2.75, 3.05) is 0 Å². The highest BCUT2D eigenvalue weighted by atomic mass is 16.5. The van der Waals surface area contributed by atoms with Crippen molar-refractivity contribution in [1.82, 2.24) is 4.98 Å². The maximum atomic E-state index is 12.2. The summed E-state index contributed by atoms with van der Waals surface area (Å²) in [7, 11) is 0. The second-order valence-electron chi connectivity index (χ2n) is 7.11. The molecular weight excluding hydrogens is 322 g/mol. The summed E-state index contributed by atoms with van der Waals surface area (Å²) in [5.41, 5.74) is 2.79. The van der Waals surface area contributed by atoms with Crippen LogP contribution in [0, 0.1) is 5.92 Å². The number of ether oxygens (including phenoxy) is 1. The van der Waals surface area contributed by atoms with Gasteiger partial charge in [0.2, 0.25) is 0 Å². The molecule has 1 atom stereocenters. The SMILES string of the molecule is CCCCCCc1ccc(C(=O)Oc2ccc(C[C@@H](C)CC)cc2)nc1. The molecule has 2 aromatic rings. The zero-order chi connectivity index (χ0) is 18.8. The van der Waals surface area contributed by atoms with Gasteiger partial charge in [-0.2, -0.15) is 0 Å². The van der Waals surface area contributed by atoms with Crippen molar-refractivity contribution < 1.29 is 9.53 Å². The lowest BCUT2D eigenvalue weighted by Crippen LogP contribution is -2.10. The molecule has 0 N–H and O–H groups in total. The number of aryl methyl sites for hydroxylation is 1. The molecule has 0 saturated heterocycles. The van der Waals surface area contributed by atoms with Gasteiger partial charge in [-0.3, -0.25) is 0 Å². The van der Waals surface area contributed by atoms with E-state index in [-0.39, 0.29) is 0 Å².